The maximum absolute atomic E-state index is 5.40. The summed E-state index contributed by atoms with van der Waals surface area (Å²) in [6.45, 7) is 7.78. The number of nitrogens with one attached hydrogen (secondary N) is 1. The van der Waals surface area contributed by atoms with E-state index < -0.39 is 0 Å². The molecule has 0 aliphatic rings. The monoisotopic (exact) mass is 241 g/mol. The van der Waals surface area contributed by atoms with Gasteiger partial charge in [0.1, 0.15) is 5.76 Å². The van der Waals surface area contributed by atoms with E-state index in [9.17, 15) is 0 Å². The molecule has 1 unspecified atom stereocenters. The Hall–Kier alpha value is -0.410. The number of furan rings is 1. The molecule has 0 fully saturated rings. The third-order valence-electron chi connectivity index (χ3n) is 2.34. The van der Waals surface area contributed by atoms with Gasteiger partial charge in [0.05, 0.1) is 6.26 Å². The highest BCUT2D eigenvalue weighted by Gasteiger charge is 2.11. The van der Waals surface area contributed by atoms with E-state index in [4.69, 9.17) is 4.42 Å². The predicted molar refractivity (Wildman–Crippen MR) is 72.1 cm³/mol. The molecule has 1 rings (SSSR count). The molecule has 92 valence electrons. The Morgan fingerprint density at radius 2 is 2.25 bits per heavy atom. The van der Waals surface area contributed by atoms with Crippen LogP contribution in [0.1, 0.15) is 33.0 Å². The second kappa shape index (κ2) is 7.80. The summed E-state index contributed by atoms with van der Waals surface area (Å²) < 4.78 is 5.40. The van der Waals surface area contributed by atoms with E-state index in [-0.39, 0.29) is 0 Å². The highest BCUT2D eigenvalue weighted by atomic mass is 32.2. The maximum atomic E-state index is 5.40. The van der Waals surface area contributed by atoms with E-state index in [2.05, 4.69) is 32.2 Å². The van der Waals surface area contributed by atoms with Crippen LogP contribution in [0, 0.1) is 0 Å². The lowest BCUT2D eigenvalue weighted by molar-refractivity contribution is 0.460. The molecule has 3 heteroatoms. The Morgan fingerprint density at radius 3 is 2.81 bits per heavy atom. The van der Waals surface area contributed by atoms with Gasteiger partial charge in [-0.25, -0.2) is 0 Å². The Labute approximate surface area is 103 Å². The average molecular weight is 241 g/mol. The molecule has 0 aromatic carbocycles. The van der Waals surface area contributed by atoms with Gasteiger partial charge < -0.3 is 9.73 Å². The van der Waals surface area contributed by atoms with Crippen LogP contribution in [0.3, 0.4) is 0 Å². The molecule has 0 radical (unpaired) electrons. The van der Waals surface area contributed by atoms with Gasteiger partial charge in [-0.05, 0) is 30.3 Å². The molecule has 0 saturated heterocycles. The lowest BCUT2D eigenvalue weighted by Gasteiger charge is -2.18. The van der Waals surface area contributed by atoms with Crippen LogP contribution < -0.4 is 5.32 Å². The van der Waals surface area contributed by atoms with Gasteiger partial charge in [0, 0.05) is 18.2 Å². The highest BCUT2D eigenvalue weighted by Crippen LogP contribution is 2.14. The van der Waals surface area contributed by atoms with Crippen molar-refractivity contribution in [2.24, 2.45) is 0 Å². The van der Waals surface area contributed by atoms with Gasteiger partial charge >= 0.3 is 0 Å². The molecule has 0 bridgehead atoms. The smallest absolute Gasteiger partial charge is 0.105 e. The normalized spacial score (nSPS) is 13.2. The van der Waals surface area contributed by atoms with Crippen LogP contribution in [-0.2, 0) is 6.42 Å². The van der Waals surface area contributed by atoms with Gasteiger partial charge in [-0.15, -0.1) is 0 Å². The first-order chi connectivity index (χ1) is 7.72. The minimum absolute atomic E-state index is 0.526. The van der Waals surface area contributed by atoms with Gasteiger partial charge in [0.25, 0.3) is 0 Å². The van der Waals surface area contributed by atoms with Crippen LogP contribution in [0.15, 0.2) is 22.8 Å². The minimum atomic E-state index is 0.526. The highest BCUT2D eigenvalue weighted by molar-refractivity contribution is 7.99. The van der Waals surface area contributed by atoms with Crippen molar-refractivity contribution in [2.45, 2.75) is 44.9 Å². The van der Waals surface area contributed by atoms with Crippen molar-refractivity contribution in [1.29, 1.82) is 0 Å². The van der Waals surface area contributed by atoms with E-state index in [1.807, 2.05) is 17.8 Å². The first-order valence-electron chi connectivity index (χ1n) is 6.09. The summed E-state index contributed by atoms with van der Waals surface area (Å²) in [5.41, 5.74) is 0. The molecule has 1 heterocycles. The summed E-state index contributed by atoms with van der Waals surface area (Å²) in [7, 11) is 0. The first-order valence-corrected chi connectivity index (χ1v) is 7.14. The summed E-state index contributed by atoms with van der Waals surface area (Å²) in [6, 6.07) is 4.54. The van der Waals surface area contributed by atoms with Crippen molar-refractivity contribution in [3.63, 3.8) is 0 Å². The number of thioether (sulfide) groups is 1. The van der Waals surface area contributed by atoms with Gasteiger partial charge in [0.2, 0.25) is 0 Å². The fourth-order valence-corrected chi connectivity index (χ4v) is 2.37. The molecule has 0 aliphatic carbocycles. The van der Waals surface area contributed by atoms with E-state index >= 15 is 0 Å². The standard InChI is InChI=1S/C13H23NOS/c1-4-7-14-12(10-16-11(2)3)9-13-6-5-8-15-13/h5-6,8,11-12,14H,4,7,9-10H2,1-3H3. The molecule has 1 N–H and O–H groups in total. The zero-order valence-electron chi connectivity index (χ0n) is 10.5. The Kier molecular flexibility index (Phi) is 6.65. The molecule has 0 aliphatic heterocycles. The number of hydrogen-bond acceptors (Lipinski definition) is 3. The lowest BCUT2D eigenvalue weighted by Crippen LogP contribution is -2.34. The second-order valence-electron chi connectivity index (χ2n) is 4.32. The molecule has 1 atom stereocenters. The van der Waals surface area contributed by atoms with Crippen LogP contribution in [0.2, 0.25) is 0 Å². The largest absolute Gasteiger partial charge is 0.469 e. The molecular weight excluding hydrogens is 218 g/mol. The van der Waals surface area contributed by atoms with E-state index in [1.165, 1.54) is 6.42 Å². The Bertz CT molecular complexity index is 259. The summed E-state index contributed by atoms with van der Waals surface area (Å²) >= 11 is 2.01. The van der Waals surface area contributed by atoms with Gasteiger partial charge in [-0.3, -0.25) is 0 Å². The molecule has 0 amide bonds. The van der Waals surface area contributed by atoms with Crippen molar-refractivity contribution in [2.75, 3.05) is 12.3 Å². The SMILES string of the molecule is CCCNC(CSC(C)C)Cc1ccco1. The summed E-state index contributed by atoms with van der Waals surface area (Å²) in [5.74, 6) is 2.23. The van der Waals surface area contributed by atoms with E-state index in [1.54, 1.807) is 6.26 Å². The summed E-state index contributed by atoms with van der Waals surface area (Å²) in [5, 5.41) is 4.28. The summed E-state index contributed by atoms with van der Waals surface area (Å²) in [4.78, 5) is 0. The van der Waals surface area contributed by atoms with Gasteiger partial charge in [-0.2, -0.15) is 11.8 Å². The molecule has 2 nitrogen and oxygen atoms in total. The molecule has 1 aromatic rings. The molecule has 1 aromatic heterocycles. The van der Waals surface area contributed by atoms with E-state index in [0.29, 0.717) is 11.3 Å². The van der Waals surface area contributed by atoms with Crippen LogP contribution in [0.4, 0.5) is 0 Å². The summed E-state index contributed by atoms with van der Waals surface area (Å²) in [6.07, 6.45) is 3.93. The van der Waals surface area contributed by atoms with Crippen molar-refractivity contribution in [3.05, 3.63) is 24.2 Å². The Balaban J connectivity index is 2.36. The Morgan fingerprint density at radius 1 is 1.44 bits per heavy atom. The fourth-order valence-electron chi connectivity index (χ4n) is 1.52. The third kappa shape index (κ3) is 5.61. The van der Waals surface area contributed by atoms with Crippen LogP contribution in [0.5, 0.6) is 0 Å². The average Bonchev–Trinajstić information content (AvgIpc) is 2.74. The zero-order chi connectivity index (χ0) is 11.8. The first kappa shape index (κ1) is 13.7. The second-order valence-corrected chi connectivity index (χ2v) is 5.93. The van der Waals surface area contributed by atoms with Crippen molar-refractivity contribution < 1.29 is 4.42 Å². The quantitative estimate of drug-likeness (QED) is 0.756. The lowest BCUT2D eigenvalue weighted by atomic mass is 10.2. The molecule has 0 saturated carbocycles. The van der Waals surface area contributed by atoms with Crippen molar-refractivity contribution >= 4 is 11.8 Å². The molecule has 16 heavy (non-hydrogen) atoms. The van der Waals surface area contributed by atoms with E-state index in [0.717, 1.165) is 24.5 Å². The zero-order valence-corrected chi connectivity index (χ0v) is 11.3. The molecule has 0 spiro atoms. The topological polar surface area (TPSA) is 25.2 Å². The van der Waals surface area contributed by atoms with Gasteiger partial charge in [0.15, 0.2) is 0 Å². The van der Waals surface area contributed by atoms with Crippen LogP contribution in [0.25, 0.3) is 0 Å². The predicted octanol–water partition coefficient (Wildman–Crippen LogP) is 3.33. The number of rotatable bonds is 8. The van der Waals surface area contributed by atoms with Gasteiger partial charge in [-0.1, -0.05) is 20.8 Å². The maximum Gasteiger partial charge on any atom is 0.105 e. The molecular formula is C13H23NOS. The third-order valence-corrected chi connectivity index (χ3v) is 3.60. The number of hydrogen-bond donors (Lipinski definition) is 1. The van der Waals surface area contributed by atoms with Crippen molar-refractivity contribution in [1.82, 2.24) is 5.32 Å². The van der Waals surface area contributed by atoms with Crippen LogP contribution >= 0.6 is 11.8 Å². The fraction of sp³-hybridized carbons (Fsp3) is 0.692. The van der Waals surface area contributed by atoms with Crippen molar-refractivity contribution in [3.8, 4) is 0 Å². The van der Waals surface area contributed by atoms with Crippen LogP contribution in [-0.4, -0.2) is 23.6 Å². The minimum Gasteiger partial charge on any atom is -0.469 e.